The molecule has 0 fully saturated rings. The predicted octanol–water partition coefficient (Wildman–Crippen LogP) is 7.42. The highest BCUT2D eigenvalue weighted by Crippen LogP contribution is 2.40. The van der Waals surface area contributed by atoms with E-state index in [1.807, 2.05) is 75.4 Å². The zero-order valence-electron chi connectivity index (χ0n) is 31.6. The van der Waals surface area contributed by atoms with Gasteiger partial charge in [0.15, 0.2) is 0 Å². The molecule has 5 rings (SSSR count). The fourth-order valence-electron chi connectivity index (χ4n) is 5.39. The monoisotopic (exact) mass is 900 g/mol. The summed E-state index contributed by atoms with van der Waals surface area (Å²) in [6, 6.07) is 25.8. The average Bonchev–Trinajstić information content (AvgIpc) is 3.62. The maximum Gasteiger partial charge on any atom is 0.407 e. The second-order valence-electron chi connectivity index (χ2n) is 13.4. The summed E-state index contributed by atoms with van der Waals surface area (Å²) in [6.07, 6.45) is -0.0189. The molecule has 5 aromatic rings. The van der Waals surface area contributed by atoms with Crippen LogP contribution < -0.4 is 19.5 Å². The Morgan fingerprint density at radius 2 is 1.35 bits per heavy atom. The van der Waals surface area contributed by atoms with Gasteiger partial charge in [-0.05, 0) is 120 Å². The summed E-state index contributed by atoms with van der Waals surface area (Å²) in [5.41, 5.74) is 2.38. The maximum atomic E-state index is 15.3. The predicted molar refractivity (Wildman–Crippen MR) is 220 cm³/mol. The second kappa shape index (κ2) is 19.0. The number of methoxy groups -OCH3 is 3. The van der Waals surface area contributed by atoms with Crippen LogP contribution in [0.1, 0.15) is 43.9 Å². The van der Waals surface area contributed by atoms with Crippen LogP contribution in [0.4, 0.5) is 4.79 Å². The Kier molecular flexibility index (Phi) is 14.4. The number of halogens is 1. The number of sulfonamides is 1. The highest BCUT2D eigenvalue weighted by Gasteiger charge is 2.34. The van der Waals surface area contributed by atoms with E-state index in [4.69, 9.17) is 24.0 Å². The van der Waals surface area contributed by atoms with Gasteiger partial charge in [0.2, 0.25) is 15.8 Å². The Labute approximate surface area is 340 Å². The summed E-state index contributed by atoms with van der Waals surface area (Å²) in [4.78, 5) is 14.3. The molecule has 55 heavy (non-hydrogen) atoms. The number of carbonyl (C=O) groups excluding carboxylic acids is 1. The molecule has 0 radical (unpaired) electrons. The highest BCUT2D eigenvalue weighted by atomic mass is 127. The minimum Gasteiger partial charge on any atom is -0.497 e. The van der Waals surface area contributed by atoms with Crippen LogP contribution in [-0.4, -0.2) is 78.3 Å². The van der Waals surface area contributed by atoms with Crippen LogP contribution in [-0.2, 0) is 34.4 Å². The first-order valence-electron chi connectivity index (χ1n) is 17.4. The zero-order valence-corrected chi connectivity index (χ0v) is 35.4. The number of nitrogens with one attached hydrogen (secondary N) is 1. The SMILES string of the molecule is COc1ccc(CN(Cc2ccc(OC)cc2)S(=O)(=O)c2c(SCCCOC(=O)NC(C)(C)C)ccc(I)c2-c2nnn(Cc3ccc(OC)cc3)n2)cc1. The van der Waals surface area contributed by atoms with Gasteiger partial charge in [-0.3, -0.25) is 0 Å². The van der Waals surface area contributed by atoms with Crippen molar-refractivity contribution in [1.29, 1.82) is 0 Å². The number of rotatable bonds is 17. The molecule has 0 aliphatic carbocycles. The van der Waals surface area contributed by atoms with Gasteiger partial charge in [0.05, 0.1) is 40.0 Å². The first-order chi connectivity index (χ1) is 26.3. The van der Waals surface area contributed by atoms with E-state index in [0.717, 1.165) is 22.4 Å². The molecule has 13 nitrogen and oxygen atoms in total. The van der Waals surface area contributed by atoms with E-state index in [1.54, 1.807) is 51.7 Å². The molecule has 1 N–H and O–H groups in total. The number of ether oxygens (including phenoxy) is 4. The molecular formula is C39H45IN6O7S2. The Balaban J connectivity index is 1.54. The summed E-state index contributed by atoms with van der Waals surface area (Å²) < 4.78 is 54.1. The normalized spacial score (nSPS) is 11.7. The third-order valence-electron chi connectivity index (χ3n) is 8.12. The summed E-state index contributed by atoms with van der Waals surface area (Å²) in [6.45, 7) is 6.24. The van der Waals surface area contributed by atoms with Crippen LogP contribution in [0.3, 0.4) is 0 Å². The minimum absolute atomic E-state index is 0.0711. The lowest BCUT2D eigenvalue weighted by Gasteiger charge is -2.25. The van der Waals surface area contributed by atoms with E-state index >= 15 is 8.42 Å². The molecule has 0 spiro atoms. The van der Waals surface area contributed by atoms with Crippen LogP contribution in [0, 0.1) is 3.57 Å². The largest absolute Gasteiger partial charge is 0.497 e. The highest BCUT2D eigenvalue weighted by molar-refractivity contribution is 14.1. The lowest BCUT2D eigenvalue weighted by atomic mass is 10.1. The van der Waals surface area contributed by atoms with Crippen molar-refractivity contribution in [2.24, 2.45) is 0 Å². The van der Waals surface area contributed by atoms with Crippen LogP contribution in [0.15, 0.2) is 94.7 Å². The molecular weight excluding hydrogens is 856 g/mol. The maximum absolute atomic E-state index is 15.3. The standard InChI is InChI=1S/C39H45IN6O7S2/c1-39(2,3)41-38(47)53-22-7-23-54-34-21-20-33(40)35(37-42-44-46(43-37)26-29-12-18-32(52-6)19-13-29)36(34)55(48,49)45(24-27-8-14-30(50-4)15-9-27)25-28-10-16-31(51-5)17-11-28/h8-21H,7,22-26H2,1-6H3,(H,41,47). The quantitative estimate of drug-likeness (QED) is 0.0565. The third kappa shape index (κ3) is 11.6. The molecule has 0 unspecified atom stereocenters. The van der Waals surface area contributed by atoms with E-state index in [0.29, 0.717) is 44.2 Å². The van der Waals surface area contributed by atoms with Gasteiger partial charge < -0.3 is 24.3 Å². The fraction of sp³-hybridized carbons (Fsp3) is 0.333. The molecule has 1 aromatic heterocycles. The van der Waals surface area contributed by atoms with Crippen LogP contribution in [0.2, 0.25) is 0 Å². The Morgan fingerprint density at radius 3 is 1.85 bits per heavy atom. The van der Waals surface area contributed by atoms with Crippen molar-refractivity contribution in [1.82, 2.24) is 29.8 Å². The van der Waals surface area contributed by atoms with Gasteiger partial charge in [-0.25, -0.2) is 13.2 Å². The van der Waals surface area contributed by atoms with Gasteiger partial charge in [-0.15, -0.1) is 22.0 Å². The van der Waals surface area contributed by atoms with Crippen molar-refractivity contribution in [3.8, 4) is 28.6 Å². The van der Waals surface area contributed by atoms with E-state index < -0.39 is 21.7 Å². The van der Waals surface area contributed by atoms with Crippen LogP contribution in [0.5, 0.6) is 17.2 Å². The van der Waals surface area contributed by atoms with Crippen molar-refractivity contribution in [3.63, 3.8) is 0 Å². The van der Waals surface area contributed by atoms with Crippen LogP contribution >= 0.6 is 34.4 Å². The summed E-state index contributed by atoms with van der Waals surface area (Å²) in [7, 11) is 0.500. The molecule has 0 atom stereocenters. The van der Waals surface area contributed by atoms with Gasteiger partial charge in [0.1, 0.15) is 22.1 Å². The third-order valence-corrected chi connectivity index (χ3v) is 12.2. The van der Waals surface area contributed by atoms with Crippen molar-refractivity contribution < 1.29 is 32.2 Å². The van der Waals surface area contributed by atoms with E-state index in [2.05, 4.69) is 38.2 Å². The number of aromatic nitrogens is 4. The number of hydrogen-bond donors (Lipinski definition) is 1. The summed E-state index contributed by atoms with van der Waals surface area (Å²) >= 11 is 3.49. The molecule has 0 bridgehead atoms. The molecule has 292 valence electrons. The van der Waals surface area contributed by atoms with E-state index in [1.165, 1.54) is 20.9 Å². The molecule has 0 aliphatic heterocycles. The molecule has 16 heteroatoms. The van der Waals surface area contributed by atoms with E-state index in [9.17, 15) is 4.79 Å². The number of carbonyl (C=O) groups is 1. The van der Waals surface area contributed by atoms with Crippen LogP contribution in [0.25, 0.3) is 11.4 Å². The van der Waals surface area contributed by atoms with Crippen molar-refractivity contribution in [2.45, 2.75) is 62.2 Å². The number of nitrogens with zero attached hydrogens (tertiary/aromatic N) is 5. The second-order valence-corrected chi connectivity index (χ2v) is 17.6. The van der Waals surface area contributed by atoms with Crippen molar-refractivity contribution in [3.05, 3.63) is 105 Å². The van der Waals surface area contributed by atoms with E-state index in [-0.39, 0.29) is 30.4 Å². The molecule has 4 aromatic carbocycles. The fourth-order valence-corrected chi connectivity index (χ4v) is 9.32. The van der Waals surface area contributed by atoms with Gasteiger partial charge in [-0.1, -0.05) is 36.4 Å². The Bertz CT molecular complexity index is 2090. The number of hydrogen-bond acceptors (Lipinski definition) is 11. The smallest absolute Gasteiger partial charge is 0.407 e. The number of benzene rings is 4. The van der Waals surface area contributed by atoms with Gasteiger partial charge in [-0.2, -0.15) is 9.10 Å². The molecule has 1 amide bonds. The molecule has 0 aliphatic rings. The molecule has 0 saturated carbocycles. The lowest BCUT2D eigenvalue weighted by molar-refractivity contribution is 0.138. The van der Waals surface area contributed by atoms with Gasteiger partial charge in [0.25, 0.3) is 0 Å². The summed E-state index contributed by atoms with van der Waals surface area (Å²) in [5.74, 6) is 2.70. The van der Waals surface area contributed by atoms with Gasteiger partial charge >= 0.3 is 6.09 Å². The topological polar surface area (TPSA) is 147 Å². The van der Waals surface area contributed by atoms with Crippen molar-refractivity contribution >= 4 is 50.5 Å². The number of thioether (sulfide) groups is 1. The Hall–Kier alpha value is -4.39. The minimum atomic E-state index is -4.28. The first-order valence-corrected chi connectivity index (χ1v) is 20.9. The average molecular weight is 901 g/mol. The first kappa shape index (κ1) is 41.8. The molecule has 1 heterocycles. The molecule has 0 saturated heterocycles. The van der Waals surface area contributed by atoms with Gasteiger partial charge in [0, 0.05) is 32.8 Å². The lowest BCUT2D eigenvalue weighted by Crippen LogP contribution is -2.41. The number of tetrazole rings is 1. The number of alkyl carbamates (subject to hydrolysis) is 1. The Morgan fingerprint density at radius 1 is 0.818 bits per heavy atom. The zero-order chi connectivity index (χ0) is 39.6. The number of amides is 1. The summed E-state index contributed by atoms with van der Waals surface area (Å²) in [5, 5.41) is 16.2. The van der Waals surface area contributed by atoms with Crippen molar-refractivity contribution in [2.75, 3.05) is 33.7 Å².